The van der Waals surface area contributed by atoms with Gasteiger partial charge in [-0.2, -0.15) is 0 Å². The maximum absolute atomic E-state index is 2.53. The highest BCUT2D eigenvalue weighted by Crippen LogP contribution is 2.56. The Morgan fingerprint density at radius 1 is 0.202 bits per heavy atom. The molecule has 89 heavy (non-hydrogen) atoms. The second-order valence-electron chi connectivity index (χ2n) is 26.4. The van der Waals surface area contributed by atoms with E-state index in [0.29, 0.717) is 0 Å². The number of nitrogens with zero attached hydrogens (tertiary/aromatic N) is 2. The fourth-order valence-corrected chi connectivity index (χ4v) is 16.0. The van der Waals surface area contributed by atoms with Crippen molar-refractivity contribution < 1.29 is 0 Å². The predicted octanol–water partition coefficient (Wildman–Crippen LogP) is 24.0. The fourth-order valence-electron chi connectivity index (χ4n) is 16.0. The van der Waals surface area contributed by atoms with E-state index in [2.05, 4.69) is 343 Å². The molecule has 17 rings (SSSR count). The van der Waals surface area contributed by atoms with E-state index in [0.717, 1.165) is 34.1 Å². The molecule has 0 saturated carbocycles. The second-order valence-corrected chi connectivity index (χ2v) is 26.4. The van der Waals surface area contributed by atoms with Gasteiger partial charge in [0.05, 0.1) is 0 Å². The highest BCUT2D eigenvalue weighted by molar-refractivity contribution is 6.23. The van der Waals surface area contributed by atoms with Crippen LogP contribution in [0.5, 0.6) is 0 Å². The molecule has 0 bridgehead atoms. The first-order valence-corrected chi connectivity index (χ1v) is 31.5. The van der Waals surface area contributed by atoms with Crippen LogP contribution in [0.4, 0.5) is 34.1 Å². The van der Waals surface area contributed by atoms with Gasteiger partial charge in [-0.15, -0.1) is 0 Å². The third kappa shape index (κ3) is 8.02. The van der Waals surface area contributed by atoms with Gasteiger partial charge >= 0.3 is 0 Å². The van der Waals surface area contributed by atoms with Crippen molar-refractivity contribution in [1.29, 1.82) is 0 Å². The Morgan fingerprint density at radius 2 is 0.539 bits per heavy atom. The number of rotatable bonds is 9. The van der Waals surface area contributed by atoms with E-state index < -0.39 is 0 Å². The van der Waals surface area contributed by atoms with Crippen LogP contribution < -0.4 is 9.80 Å². The van der Waals surface area contributed by atoms with Crippen molar-refractivity contribution in [3.05, 3.63) is 325 Å². The molecule has 424 valence electrons. The molecule has 2 nitrogen and oxygen atoms in total. The average Bonchev–Trinajstić information content (AvgIpc) is 1.80. The van der Waals surface area contributed by atoms with Gasteiger partial charge in [0, 0.05) is 50.4 Å². The van der Waals surface area contributed by atoms with E-state index >= 15 is 0 Å². The van der Waals surface area contributed by atoms with Crippen molar-refractivity contribution in [2.45, 2.75) is 57.8 Å². The van der Waals surface area contributed by atoms with Crippen LogP contribution >= 0.6 is 0 Å². The summed E-state index contributed by atoms with van der Waals surface area (Å²) in [5, 5.41) is 7.29. The molecule has 3 aliphatic rings. The molecule has 0 N–H and O–H groups in total. The van der Waals surface area contributed by atoms with Crippen molar-refractivity contribution >= 4 is 66.4 Å². The summed E-state index contributed by atoms with van der Waals surface area (Å²) in [7, 11) is 0. The number of fused-ring (bicyclic) bond motifs is 12. The molecular formula is C87H66N2. The van der Waals surface area contributed by atoms with E-state index in [1.54, 1.807) is 0 Å². The summed E-state index contributed by atoms with van der Waals surface area (Å²) in [5.41, 5.74) is 29.3. The molecule has 2 heteroatoms. The van der Waals surface area contributed by atoms with Crippen LogP contribution in [-0.4, -0.2) is 0 Å². The maximum Gasteiger partial charge on any atom is 0.0468 e. The third-order valence-corrected chi connectivity index (χ3v) is 20.4. The summed E-state index contributed by atoms with van der Waals surface area (Å²) in [4.78, 5) is 4.92. The van der Waals surface area contributed by atoms with Crippen molar-refractivity contribution in [2.24, 2.45) is 0 Å². The van der Waals surface area contributed by atoms with E-state index in [1.807, 2.05) is 0 Å². The van der Waals surface area contributed by atoms with Gasteiger partial charge in [-0.3, -0.25) is 0 Å². The monoisotopic (exact) mass is 1140 g/mol. The molecule has 0 radical (unpaired) electrons. The standard InChI is InChI=1S/C87H66N2/c1-85(2)77-33-18-15-29-67(77)70-45-38-57(50-80(70)85)83-74-49-44-63(89(60-26-11-8-12-27-60)64-42-47-72-69-31-17-20-35-79(69)87(5,6)82(72)54-64)53-76(74)84(58-39-46-71-68-30-16-19-34-78(68)86(3,4)81(71)51-58)73-48-43-62(52-75(73)83)88(59-24-9-7-10-25-59)61-40-36-56(37-41-61)66-32-21-23-55-22-13-14-28-65(55)66/h7-54H,1-6H3. The molecular weight excluding hydrogens is 1070 g/mol. The topological polar surface area (TPSA) is 6.48 Å². The lowest BCUT2D eigenvalue weighted by atomic mass is 9.79. The molecule has 0 fully saturated rings. The fraction of sp³-hybridized carbons (Fsp3) is 0.103. The molecule has 0 atom stereocenters. The van der Waals surface area contributed by atoms with Crippen LogP contribution in [0.2, 0.25) is 0 Å². The summed E-state index contributed by atoms with van der Waals surface area (Å²) in [5.74, 6) is 0. The normalized spacial score (nSPS) is 14.2. The number of benzene rings is 14. The van der Waals surface area contributed by atoms with Crippen molar-refractivity contribution in [3.8, 4) is 66.8 Å². The quantitative estimate of drug-likeness (QED) is 0.133. The largest absolute Gasteiger partial charge is 0.310 e. The van der Waals surface area contributed by atoms with E-state index in [9.17, 15) is 0 Å². The van der Waals surface area contributed by atoms with Crippen molar-refractivity contribution in [1.82, 2.24) is 0 Å². The molecule has 3 aliphatic carbocycles. The van der Waals surface area contributed by atoms with Crippen LogP contribution in [0, 0.1) is 0 Å². The first kappa shape index (κ1) is 52.8. The summed E-state index contributed by atoms with van der Waals surface area (Å²) >= 11 is 0. The first-order chi connectivity index (χ1) is 43.4. The van der Waals surface area contributed by atoms with Gasteiger partial charge in [0.15, 0.2) is 0 Å². The minimum Gasteiger partial charge on any atom is -0.310 e. The Bertz CT molecular complexity index is 5210. The maximum atomic E-state index is 2.53. The Hall–Kier alpha value is -10.5. The summed E-state index contributed by atoms with van der Waals surface area (Å²) in [6, 6.07) is 110. The van der Waals surface area contributed by atoms with Crippen LogP contribution in [-0.2, 0) is 16.2 Å². The van der Waals surface area contributed by atoms with Gasteiger partial charge < -0.3 is 9.80 Å². The van der Waals surface area contributed by atoms with Crippen molar-refractivity contribution in [2.75, 3.05) is 9.80 Å². The van der Waals surface area contributed by atoms with E-state index in [4.69, 9.17) is 0 Å². The SMILES string of the molecule is CC1(C)c2ccccc2-c2ccc(-c3c4ccc(N(c5ccccc5)c5ccc6c(c5)C(C)(C)c5ccccc5-6)cc4c(-c4ccc5c(c4)C(C)(C)c4ccccc4-5)c4ccc(N(c5ccccc5)c5ccc(-c6cccc7ccccc67)cc5)cc34)cc21. The summed E-state index contributed by atoms with van der Waals surface area (Å²) in [6.45, 7) is 14.4. The smallest absolute Gasteiger partial charge is 0.0468 e. The molecule has 0 heterocycles. The van der Waals surface area contributed by atoms with Crippen LogP contribution in [0.3, 0.4) is 0 Å². The van der Waals surface area contributed by atoms with Gasteiger partial charge in [0.25, 0.3) is 0 Å². The molecule has 0 unspecified atom stereocenters. The van der Waals surface area contributed by atoms with Gasteiger partial charge in [-0.1, -0.05) is 248 Å². The molecule has 0 saturated heterocycles. The molecule has 14 aromatic carbocycles. The number of para-hydroxylation sites is 2. The third-order valence-electron chi connectivity index (χ3n) is 20.4. The number of hydrogen-bond donors (Lipinski definition) is 0. The van der Waals surface area contributed by atoms with Crippen LogP contribution in [0.1, 0.15) is 74.9 Å². The van der Waals surface area contributed by atoms with Crippen LogP contribution in [0.15, 0.2) is 291 Å². The Morgan fingerprint density at radius 3 is 1.04 bits per heavy atom. The molecule has 0 spiro atoms. The molecule has 0 amide bonds. The van der Waals surface area contributed by atoms with Gasteiger partial charge in [0.2, 0.25) is 0 Å². The zero-order valence-corrected chi connectivity index (χ0v) is 51.1. The minimum absolute atomic E-state index is 0.169. The molecule has 0 aromatic heterocycles. The Kier molecular flexibility index (Phi) is 11.7. The first-order valence-electron chi connectivity index (χ1n) is 31.5. The predicted molar refractivity (Wildman–Crippen MR) is 377 cm³/mol. The van der Waals surface area contributed by atoms with Gasteiger partial charge in [-0.25, -0.2) is 0 Å². The number of anilines is 6. The van der Waals surface area contributed by atoms with Crippen molar-refractivity contribution in [3.63, 3.8) is 0 Å². The lowest BCUT2D eigenvalue weighted by Gasteiger charge is -2.29. The highest BCUT2D eigenvalue weighted by Gasteiger charge is 2.39. The summed E-state index contributed by atoms with van der Waals surface area (Å²) in [6.07, 6.45) is 0. The average molecular weight is 1140 g/mol. The lowest BCUT2D eigenvalue weighted by Crippen LogP contribution is -2.16. The highest BCUT2D eigenvalue weighted by atomic mass is 15.1. The number of hydrogen-bond acceptors (Lipinski definition) is 2. The molecule has 0 aliphatic heterocycles. The van der Waals surface area contributed by atoms with Gasteiger partial charge in [-0.05, 0) is 217 Å². The Balaban J connectivity index is 0.942. The zero-order chi connectivity index (χ0) is 59.9. The molecule has 14 aromatic rings. The van der Waals surface area contributed by atoms with E-state index in [1.165, 1.54) is 132 Å². The van der Waals surface area contributed by atoms with E-state index in [-0.39, 0.29) is 16.2 Å². The second kappa shape index (κ2) is 19.7. The Labute approximate surface area is 522 Å². The summed E-state index contributed by atoms with van der Waals surface area (Å²) < 4.78 is 0. The van der Waals surface area contributed by atoms with Crippen LogP contribution in [0.25, 0.3) is 99.1 Å². The van der Waals surface area contributed by atoms with Gasteiger partial charge in [0.1, 0.15) is 0 Å². The lowest BCUT2D eigenvalue weighted by molar-refractivity contribution is 0.660. The minimum atomic E-state index is -0.203. The zero-order valence-electron chi connectivity index (χ0n) is 51.1.